The maximum absolute atomic E-state index is 12.8. The molecule has 0 aromatic rings. The molecular formula is C19H23F5O4. The lowest BCUT2D eigenvalue weighted by molar-refractivity contribution is -0.259. The lowest BCUT2D eigenvalue weighted by Gasteiger charge is -2.60. The zero-order valence-electron chi connectivity index (χ0n) is 15.5. The van der Waals surface area contributed by atoms with Crippen LogP contribution in [0.5, 0.6) is 0 Å². The first-order chi connectivity index (χ1) is 12.9. The van der Waals surface area contributed by atoms with E-state index in [1.807, 2.05) is 0 Å². The van der Waals surface area contributed by atoms with Crippen molar-refractivity contribution in [2.45, 2.75) is 64.2 Å². The molecule has 0 aromatic heterocycles. The second-order valence-electron chi connectivity index (χ2n) is 8.80. The van der Waals surface area contributed by atoms with Gasteiger partial charge in [0.05, 0.1) is 12.0 Å². The smallest absolute Gasteiger partial charge is 0.431 e. The third-order valence-electron chi connectivity index (χ3n) is 6.26. The molecule has 158 valence electrons. The van der Waals surface area contributed by atoms with Gasteiger partial charge >= 0.3 is 18.1 Å². The van der Waals surface area contributed by atoms with E-state index >= 15 is 0 Å². The lowest BCUT2D eigenvalue weighted by Crippen LogP contribution is -2.58. The monoisotopic (exact) mass is 410 g/mol. The largest absolute Gasteiger partial charge is 0.462 e. The highest BCUT2D eigenvalue weighted by molar-refractivity contribution is 5.87. The summed E-state index contributed by atoms with van der Waals surface area (Å²) < 4.78 is 73.8. The Bertz CT molecular complexity index is 658. The van der Waals surface area contributed by atoms with Crippen LogP contribution in [0.15, 0.2) is 12.2 Å². The molecule has 0 spiro atoms. The maximum Gasteiger partial charge on any atom is 0.431 e. The summed E-state index contributed by atoms with van der Waals surface area (Å²) in [4.78, 5) is 24.4. The maximum atomic E-state index is 12.8. The van der Waals surface area contributed by atoms with E-state index in [2.05, 4.69) is 11.3 Å². The SMILES string of the molecule is C=C(C)C(=O)OCC12CC3CC(C1)CC(C(=O)OC(C(F)F)C(F)(F)F)(C3)C2. The highest BCUT2D eigenvalue weighted by Crippen LogP contribution is 2.65. The quantitative estimate of drug-likeness (QED) is 0.369. The first-order valence-corrected chi connectivity index (χ1v) is 9.24. The molecule has 0 heterocycles. The van der Waals surface area contributed by atoms with Crippen LogP contribution >= 0.6 is 0 Å². The number of esters is 2. The van der Waals surface area contributed by atoms with E-state index in [0.29, 0.717) is 25.7 Å². The molecule has 4 rings (SSSR count). The topological polar surface area (TPSA) is 52.6 Å². The van der Waals surface area contributed by atoms with E-state index in [1.165, 1.54) is 6.92 Å². The van der Waals surface area contributed by atoms with E-state index in [4.69, 9.17) is 4.74 Å². The molecule has 3 atom stereocenters. The molecule has 28 heavy (non-hydrogen) atoms. The van der Waals surface area contributed by atoms with Gasteiger partial charge in [-0.25, -0.2) is 13.6 Å². The van der Waals surface area contributed by atoms with Gasteiger partial charge in [-0.1, -0.05) is 6.58 Å². The molecule has 4 nitrogen and oxygen atoms in total. The van der Waals surface area contributed by atoms with Crippen molar-refractivity contribution in [2.75, 3.05) is 6.61 Å². The summed E-state index contributed by atoms with van der Waals surface area (Å²) in [6.45, 7) is 5.05. The Hall–Kier alpha value is -1.67. The van der Waals surface area contributed by atoms with Crippen LogP contribution in [0.3, 0.4) is 0 Å². The number of carbonyl (C=O) groups is 2. The number of rotatable bonds is 6. The number of alkyl halides is 5. The highest BCUT2D eigenvalue weighted by Gasteiger charge is 2.63. The second kappa shape index (κ2) is 6.99. The summed E-state index contributed by atoms with van der Waals surface area (Å²) >= 11 is 0. The van der Waals surface area contributed by atoms with Gasteiger partial charge in [-0.3, -0.25) is 4.79 Å². The van der Waals surface area contributed by atoms with Gasteiger partial charge in [0.2, 0.25) is 0 Å². The van der Waals surface area contributed by atoms with Gasteiger partial charge in [0.1, 0.15) is 0 Å². The van der Waals surface area contributed by atoms with Crippen LogP contribution in [-0.4, -0.2) is 37.3 Å². The molecule has 0 radical (unpaired) electrons. The van der Waals surface area contributed by atoms with Crippen LogP contribution in [0.4, 0.5) is 22.0 Å². The van der Waals surface area contributed by atoms with E-state index in [1.54, 1.807) is 0 Å². The van der Waals surface area contributed by atoms with Gasteiger partial charge in [-0.2, -0.15) is 13.2 Å². The summed E-state index contributed by atoms with van der Waals surface area (Å²) in [6, 6.07) is 0. The molecule has 4 aliphatic carbocycles. The standard InChI is InChI=1S/C19H23F5O4/c1-10(2)15(25)27-9-17-4-11-3-12(5-17)7-18(6-11,8-17)16(26)28-13(14(20)21)19(22,23)24/h11-14H,1,3-9H2,2H3. The Morgan fingerprint density at radius 2 is 1.71 bits per heavy atom. The summed E-state index contributed by atoms with van der Waals surface area (Å²) in [7, 11) is 0. The predicted octanol–water partition coefficient (Wildman–Crippen LogP) is 4.43. The number of carbonyl (C=O) groups excluding carboxylic acids is 2. The highest BCUT2D eigenvalue weighted by atomic mass is 19.4. The van der Waals surface area contributed by atoms with Crippen LogP contribution < -0.4 is 0 Å². The summed E-state index contributed by atoms with van der Waals surface area (Å²) in [5, 5.41) is 0. The number of hydrogen-bond donors (Lipinski definition) is 0. The summed E-state index contributed by atoms with van der Waals surface area (Å²) in [6.07, 6.45) is -9.54. The third kappa shape index (κ3) is 3.89. The Morgan fingerprint density at radius 3 is 2.18 bits per heavy atom. The number of halogens is 5. The molecule has 9 heteroatoms. The fraction of sp³-hybridized carbons (Fsp3) is 0.789. The molecule has 0 amide bonds. The molecule has 0 aromatic carbocycles. The van der Waals surface area contributed by atoms with Crippen molar-refractivity contribution in [1.82, 2.24) is 0 Å². The van der Waals surface area contributed by atoms with Crippen molar-refractivity contribution < 1.29 is 41.0 Å². The van der Waals surface area contributed by atoms with E-state index in [0.717, 1.165) is 6.42 Å². The molecule has 3 unspecified atom stereocenters. The molecule has 0 aliphatic heterocycles. The van der Waals surface area contributed by atoms with Crippen molar-refractivity contribution in [3.05, 3.63) is 12.2 Å². The molecule has 4 bridgehead atoms. The van der Waals surface area contributed by atoms with E-state index < -0.39 is 41.5 Å². The van der Waals surface area contributed by atoms with Crippen molar-refractivity contribution in [2.24, 2.45) is 22.7 Å². The predicted molar refractivity (Wildman–Crippen MR) is 87.3 cm³/mol. The molecular weight excluding hydrogens is 387 g/mol. The van der Waals surface area contributed by atoms with Gasteiger partial charge in [0, 0.05) is 11.0 Å². The molecule has 0 N–H and O–H groups in total. The Labute approximate surface area is 159 Å². The van der Waals surface area contributed by atoms with Crippen LogP contribution in [0.1, 0.15) is 45.4 Å². The fourth-order valence-corrected chi connectivity index (χ4v) is 5.70. The van der Waals surface area contributed by atoms with Crippen LogP contribution in [0, 0.1) is 22.7 Å². The molecule has 4 aliphatic rings. The molecule has 4 saturated carbocycles. The zero-order chi connectivity index (χ0) is 20.9. The van der Waals surface area contributed by atoms with Crippen LogP contribution in [0.2, 0.25) is 0 Å². The normalized spacial score (nSPS) is 35.0. The average molecular weight is 410 g/mol. The van der Waals surface area contributed by atoms with Crippen molar-refractivity contribution in [3.8, 4) is 0 Å². The third-order valence-corrected chi connectivity index (χ3v) is 6.26. The van der Waals surface area contributed by atoms with Crippen molar-refractivity contribution >= 4 is 11.9 Å². The number of ether oxygens (including phenoxy) is 2. The van der Waals surface area contributed by atoms with Crippen LogP contribution in [-0.2, 0) is 19.1 Å². The van der Waals surface area contributed by atoms with Crippen molar-refractivity contribution in [3.63, 3.8) is 0 Å². The van der Waals surface area contributed by atoms with Gasteiger partial charge in [0.15, 0.2) is 0 Å². The van der Waals surface area contributed by atoms with Crippen molar-refractivity contribution in [1.29, 1.82) is 0 Å². The summed E-state index contributed by atoms with van der Waals surface area (Å²) in [5.74, 6) is -1.62. The van der Waals surface area contributed by atoms with Gasteiger partial charge in [-0.05, 0) is 57.3 Å². The molecule has 4 fully saturated rings. The van der Waals surface area contributed by atoms with E-state index in [-0.39, 0.29) is 30.4 Å². The molecule has 0 saturated heterocycles. The average Bonchev–Trinajstić information content (AvgIpc) is 2.54. The number of hydrogen-bond acceptors (Lipinski definition) is 4. The Kier molecular flexibility index (Phi) is 5.25. The lowest BCUT2D eigenvalue weighted by atomic mass is 9.44. The minimum atomic E-state index is -5.33. The van der Waals surface area contributed by atoms with Gasteiger partial charge in [0.25, 0.3) is 12.5 Å². The zero-order valence-corrected chi connectivity index (χ0v) is 15.5. The Morgan fingerprint density at radius 1 is 1.14 bits per heavy atom. The minimum absolute atomic E-state index is 0.0400. The summed E-state index contributed by atoms with van der Waals surface area (Å²) in [5.41, 5.74) is -1.53. The minimum Gasteiger partial charge on any atom is -0.462 e. The van der Waals surface area contributed by atoms with Gasteiger partial charge in [-0.15, -0.1) is 0 Å². The Balaban J connectivity index is 1.78. The van der Waals surface area contributed by atoms with E-state index in [9.17, 15) is 31.5 Å². The first kappa shape index (κ1) is 21.0. The fourth-order valence-electron chi connectivity index (χ4n) is 5.70. The van der Waals surface area contributed by atoms with Gasteiger partial charge < -0.3 is 9.47 Å². The van der Waals surface area contributed by atoms with Crippen LogP contribution in [0.25, 0.3) is 0 Å². The second-order valence-corrected chi connectivity index (χ2v) is 8.80. The first-order valence-electron chi connectivity index (χ1n) is 9.24.